The van der Waals surface area contributed by atoms with Gasteiger partial charge in [-0.3, -0.25) is 4.79 Å². The van der Waals surface area contributed by atoms with E-state index in [0.29, 0.717) is 22.0 Å². The van der Waals surface area contributed by atoms with E-state index in [-0.39, 0.29) is 17.8 Å². The van der Waals surface area contributed by atoms with Crippen LogP contribution < -0.4 is 5.56 Å². The normalized spacial score (nSPS) is 11.7. The van der Waals surface area contributed by atoms with Gasteiger partial charge in [0.25, 0.3) is 5.56 Å². The van der Waals surface area contributed by atoms with Gasteiger partial charge in [0.05, 0.1) is 29.0 Å². The number of hydrogen-bond acceptors (Lipinski definition) is 5. The van der Waals surface area contributed by atoms with E-state index < -0.39 is 12.1 Å². The minimum Gasteiger partial charge on any atom is -0.451 e. The van der Waals surface area contributed by atoms with Crippen molar-refractivity contribution in [2.24, 2.45) is 0 Å². The standard InChI is InChI=1S/C19H15N3O3/c1-12(17-21-16-9-5-4-8-15(16)18(23)22-17)25-19(24)14-7-3-2-6-13(14)10-11-20/h2-9,12H,10H2,1H3,(H,21,22,23)/t12-/m0/s1. The van der Waals surface area contributed by atoms with Crippen LogP contribution in [0.15, 0.2) is 53.3 Å². The van der Waals surface area contributed by atoms with E-state index in [1.807, 2.05) is 6.07 Å². The molecule has 0 saturated carbocycles. The molecule has 3 aromatic rings. The number of para-hydroxylation sites is 1. The van der Waals surface area contributed by atoms with E-state index in [1.54, 1.807) is 55.5 Å². The Morgan fingerprint density at radius 1 is 1.24 bits per heavy atom. The minimum absolute atomic E-state index is 0.116. The van der Waals surface area contributed by atoms with Crippen LogP contribution in [0, 0.1) is 11.3 Å². The summed E-state index contributed by atoms with van der Waals surface area (Å²) in [6.45, 7) is 1.64. The number of carbonyl (C=O) groups excluding carboxylic acids is 1. The zero-order chi connectivity index (χ0) is 17.8. The monoisotopic (exact) mass is 333 g/mol. The van der Waals surface area contributed by atoms with Crippen LogP contribution in [0.25, 0.3) is 10.9 Å². The third-order valence-electron chi connectivity index (χ3n) is 3.81. The molecule has 6 nitrogen and oxygen atoms in total. The average Bonchev–Trinajstić information content (AvgIpc) is 2.62. The summed E-state index contributed by atoms with van der Waals surface area (Å²) in [5, 5.41) is 9.34. The highest BCUT2D eigenvalue weighted by molar-refractivity contribution is 5.91. The third-order valence-corrected chi connectivity index (χ3v) is 3.81. The van der Waals surface area contributed by atoms with Crippen molar-refractivity contribution in [1.29, 1.82) is 5.26 Å². The largest absolute Gasteiger partial charge is 0.451 e. The van der Waals surface area contributed by atoms with Crippen LogP contribution in [0.4, 0.5) is 0 Å². The Balaban J connectivity index is 1.88. The maximum absolute atomic E-state index is 12.4. The smallest absolute Gasteiger partial charge is 0.339 e. The van der Waals surface area contributed by atoms with E-state index in [9.17, 15) is 9.59 Å². The number of fused-ring (bicyclic) bond motifs is 1. The molecule has 0 amide bonds. The van der Waals surface area contributed by atoms with Crippen molar-refractivity contribution in [3.63, 3.8) is 0 Å². The molecule has 1 atom stereocenters. The summed E-state index contributed by atoms with van der Waals surface area (Å²) in [6.07, 6.45) is -0.620. The molecule has 0 aliphatic carbocycles. The van der Waals surface area contributed by atoms with Gasteiger partial charge in [0, 0.05) is 0 Å². The molecular weight excluding hydrogens is 318 g/mol. The van der Waals surface area contributed by atoms with Gasteiger partial charge in [0.2, 0.25) is 0 Å². The number of nitrogens with zero attached hydrogens (tertiary/aromatic N) is 2. The molecule has 0 bridgehead atoms. The first kappa shape index (κ1) is 16.4. The van der Waals surface area contributed by atoms with Crippen LogP contribution in [-0.4, -0.2) is 15.9 Å². The lowest BCUT2D eigenvalue weighted by molar-refractivity contribution is 0.0319. The molecule has 0 unspecified atom stereocenters. The lowest BCUT2D eigenvalue weighted by atomic mass is 10.1. The fourth-order valence-electron chi connectivity index (χ4n) is 2.54. The van der Waals surface area contributed by atoms with Gasteiger partial charge in [-0.15, -0.1) is 0 Å². The first-order chi connectivity index (χ1) is 12.1. The fraction of sp³-hybridized carbons (Fsp3) is 0.158. The van der Waals surface area contributed by atoms with Crippen molar-refractivity contribution in [2.45, 2.75) is 19.4 Å². The lowest BCUT2D eigenvalue weighted by Crippen LogP contribution is -2.18. The molecule has 1 aromatic heterocycles. The second-order valence-corrected chi connectivity index (χ2v) is 5.51. The molecule has 0 radical (unpaired) electrons. The SMILES string of the molecule is C[C@H](OC(=O)c1ccccc1CC#N)c1nc2ccccc2c(=O)[nH]1. The highest BCUT2D eigenvalue weighted by Crippen LogP contribution is 2.18. The van der Waals surface area contributed by atoms with Crippen molar-refractivity contribution in [1.82, 2.24) is 9.97 Å². The number of hydrogen-bond donors (Lipinski definition) is 1. The summed E-state index contributed by atoms with van der Waals surface area (Å²) >= 11 is 0. The first-order valence-electron chi connectivity index (χ1n) is 7.75. The molecule has 25 heavy (non-hydrogen) atoms. The maximum atomic E-state index is 12.4. The Kier molecular flexibility index (Phi) is 4.57. The number of nitriles is 1. The van der Waals surface area contributed by atoms with Crippen LogP contribution in [0.5, 0.6) is 0 Å². The number of nitrogens with one attached hydrogen (secondary N) is 1. The molecule has 6 heteroatoms. The number of esters is 1. The zero-order valence-corrected chi connectivity index (χ0v) is 13.5. The zero-order valence-electron chi connectivity index (χ0n) is 13.5. The second-order valence-electron chi connectivity index (χ2n) is 5.51. The van der Waals surface area contributed by atoms with E-state index in [2.05, 4.69) is 9.97 Å². The summed E-state index contributed by atoms with van der Waals surface area (Å²) < 4.78 is 5.43. The molecule has 0 fully saturated rings. The molecule has 0 saturated heterocycles. The van der Waals surface area contributed by atoms with Crippen LogP contribution in [0.2, 0.25) is 0 Å². The van der Waals surface area contributed by atoms with E-state index in [4.69, 9.17) is 10.00 Å². The van der Waals surface area contributed by atoms with E-state index in [1.165, 1.54) is 0 Å². The first-order valence-corrected chi connectivity index (χ1v) is 7.75. The fourth-order valence-corrected chi connectivity index (χ4v) is 2.54. The summed E-state index contributed by atoms with van der Waals surface area (Å²) in [5.41, 5.74) is 1.18. The summed E-state index contributed by atoms with van der Waals surface area (Å²) in [6, 6.07) is 15.8. The van der Waals surface area contributed by atoms with Gasteiger partial charge in [-0.2, -0.15) is 5.26 Å². The average molecular weight is 333 g/mol. The summed E-state index contributed by atoms with van der Waals surface area (Å²) in [4.78, 5) is 31.6. The lowest BCUT2D eigenvalue weighted by Gasteiger charge is -2.14. The Hall–Kier alpha value is -3.46. The number of H-pyrrole nitrogens is 1. The van der Waals surface area contributed by atoms with Crippen molar-refractivity contribution in [3.05, 3.63) is 75.8 Å². The molecule has 1 heterocycles. The molecule has 0 aliphatic heterocycles. The van der Waals surface area contributed by atoms with Gasteiger partial charge in [-0.25, -0.2) is 9.78 Å². The number of rotatable bonds is 4. The Labute approximate surface area is 143 Å². The quantitative estimate of drug-likeness (QED) is 0.741. The molecule has 0 spiro atoms. The van der Waals surface area contributed by atoms with Gasteiger partial charge in [-0.1, -0.05) is 30.3 Å². The molecular formula is C19H15N3O3. The highest BCUT2D eigenvalue weighted by atomic mass is 16.5. The van der Waals surface area contributed by atoms with E-state index in [0.717, 1.165) is 0 Å². The topological polar surface area (TPSA) is 95.8 Å². The number of aromatic nitrogens is 2. The van der Waals surface area contributed by atoms with Crippen molar-refractivity contribution >= 4 is 16.9 Å². The Morgan fingerprint density at radius 2 is 1.96 bits per heavy atom. The minimum atomic E-state index is -0.736. The summed E-state index contributed by atoms with van der Waals surface area (Å²) in [5.74, 6) is -0.288. The maximum Gasteiger partial charge on any atom is 0.339 e. The number of benzene rings is 2. The van der Waals surface area contributed by atoms with Gasteiger partial charge in [-0.05, 0) is 30.7 Å². The predicted octanol–water partition coefficient (Wildman–Crippen LogP) is 2.91. The van der Waals surface area contributed by atoms with Crippen molar-refractivity contribution in [2.75, 3.05) is 0 Å². The molecule has 3 rings (SSSR count). The molecule has 124 valence electrons. The number of carbonyl (C=O) groups is 1. The van der Waals surface area contributed by atoms with Crippen LogP contribution in [0.1, 0.15) is 34.8 Å². The van der Waals surface area contributed by atoms with Crippen molar-refractivity contribution in [3.8, 4) is 6.07 Å². The third kappa shape index (κ3) is 3.40. The summed E-state index contributed by atoms with van der Waals surface area (Å²) in [7, 11) is 0. The molecule has 0 aliphatic rings. The number of ether oxygens (including phenoxy) is 1. The van der Waals surface area contributed by atoms with Crippen LogP contribution in [0.3, 0.4) is 0 Å². The van der Waals surface area contributed by atoms with E-state index >= 15 is 0 Å². The van der Waals surface area contributed by atoms with Crippen LogP contribution in [-0.2, 0) is 11.2 Å². The van der Waals surface area contributed by atoms with Gasteiger partial charge < -0.3 is 9.72 Å². The van der Waals surface area contributed by atoms with Gasteiger partial charge in [0.1, 0.15) is 0 Å². The predicted molar refractivity (Wildman–Crippen MR) is 92.0 cm³/mol. The van der Waals surface area contributed by atoms with Crippen molar-refractivity contribution < 1.29 is 9.53 Å². The second kappa shape index (κ2) is 6.97. The molecule has 2 aromatic carbocycles. The van der Waals surface area contributed by atoms with Gasteiger partial charge >= 0.3 is 5.97 Å². The number of aromatic amines is 1. The van der Waals surface area contributed by atoms with Gasteiger partial charge in [0.15, 0.2) is 11.9 Å². The highest BCUT2D eigenvalue weighted by Gasteiger charge is 2.18. The molecule has 1 N–H and O–H groups in total. The Morgan fingerprint density at radius 3 is 2.76 bits per heavy atom. The Bertz CT molecular complexity index is 1030. The van der Waals surface area contributed by atoms with Crippen LogP contribution >= 0.6 is 0 Å².